The molecule has 20 heteroatoms. The minimum absolute atomic E-state index is 0.0654. The normalized spacial score (nSPS) is 18.3. The van der Waals surface area contributed by atoms with Gasteiger partial charge in [-0.15, -0.1) is 4.36 Å². The Bertz CT molecular complexity index is 2880. The molecule has 4 N–H and O–H groups in total. The highest BCUT2D eigenvalue weighted by Crippen LogP contribution is 2.43. The second-order valence-corrected chi connectivity index (χ2v) is 22.7. The van der Waals surface area contributed by atoms with Crippen LogP contribution in [0, 0.1) is 27.0 Å². The Balaban J connectivity index is 0.971. The Morgan fingerprint density at radius 3 is 2.53 bits per heavy atom. The van der Waals surface area contributed by atoms with Gasteiger partial charge in [0.1, 0.15) is 22.8 Å². The topological polar surface area (TPSA) is 222 Å². The molecule has 8 rings (SSSR count). The Morgan fingerprint density at radius 2 is 1.80 bits per heavy atom. The molecule has 66 heavy (non-hydrogen) atoms. The number of aromatic amines is 1. The molecule has 1 aliphatic carbocycles. The summed E-state index contributed by atoms with van der Waals surface area (Å²) in [6.07, 6.45) is 8.12. The number of amides is 1. The van der Waals surface area contributed by atoms with Gasteiger partial charge < -0.3 is 24.5 Å². The van der Waals surface area contributed by atoms with E-state index in [2.05, 4.69) is 60.1 Å². The van der Waals surface area contributed by atoms with Gasteiger partial charge in [0, 0.05) is 105 Å². The predicted octanol–water partition coefficient (Wildman–Crippen LogP) is 7.57. The third kappa shape index (κ3) is 11.0. The van der Waals surface area contributed by atoms with Crippen LogP contribution < -0.4 is 19.7 Å². The number of thiol groups is 1. The fraction of sp³-hybridized carbons (Fsp3) is 0.370. The van der Waals surface area contributed by atoms with E-state index in [1.807, 2.05) is 23.1 Å². The lowest BCUT2D eigenvalue weighted by atomic mass is 9.72. The number of hydrogen-bond acceptors (Lipinski definition) is 13. The van der Waals surface area contributed by atoms with Gasteiger partial charge in [-0.2, -0.15) is 5.26 Å². The number of nitrogens with one attached hydrogen (secondary N) is 3. The summed E-state index contributed by atoms with van der Waals surface area (Å²) in [7, 11) is -7.22. The number of aromatic nitrogens is 2. The van der Waals surface area contributed by atoms with Crippen LogP contribution in [0.4, 0.5) is 17.1 Å². The van der Waals surface area contributed by atoms with Crippen LogP contribution in [0.5, 0.6) is 11.5 Å². The Labute approximate surface area is 389 Å². The molecule has 4 heterocycles. The second kappa shape index (κ2) is 19.5. The van der Waals surface area contributed by atoms with Gasteiger partial charge in [0.05, 0.1) is 21.6 Å². The number of nitrogens with zero attached hydrogens (tertiary/aromatic N) is 7. The number of rotatable bonds is 14. The average molecular weight is 958 g/mol. The molecule has 2 fully saturated rings. The molecule has 348 valence electrons. The Morgan fingerprint density at radius 1 is 1.05 bits per heavy atom. The average Bonchev–Trinajstić information content (AvgIpc) is 3.76. The number of carbonyl (C=O) groups excluding carboxylic acids is 1. The first-order valence-corrected chi connectivity index (χ1v) is 25.7. The lowest BCUT2D eigenvalue weighted by Crippen LogP contribution is -2.47. The molecule has 2 saturated heterocycles. The third-order valence-corrected chi connectivity index (χ3v) is 16.4. The van der Waals surface area contributed by atoms with Crippen LogP contribution in [-0.2, 0) is 20.1 Å². The van der Waals surface area contributed by atoms with Gasteiger partial charge in [0.25, 0.3) is 21.6 Å². The minimum Gasteiger partial charge on any atom is -0.455 e. The third-order valence-electron chi connectivity index (χ3n) is 12.6. The van der Waals surface area contributed by atoms with E-state index in [4.69, 9.17) is 21.6 Å². The molecule has 0 radical (unpaired) electrons. The van der Waals surface area contributed by atoms with Crippen molar-refractivity contribution in [2.24, 2.45) is 9.78 Å². The maximum atomic E-state index is 14.0. The number of halogens is 1. The van der Waals surface area contributed by atoms with Crippen molar-refractivity contribution in [3.05, 3.63) is 117 Å². The zero-order chi connectivity index (χ0) is 46.6. The minimum atomic E-state index is -4.61. The first kappa shape index (κ1) is 46.6. The van der Waals surface area contributed by atoms with E-state index in [0.29, 0.717) is 62.2 Å². The predicted molar refractivity (Wildman–Crippen MR) is 259 cm³/mol. The van der Waals surface area contributed by atoms with Crippen LogP contribution in [0.15, 0.2) is 100 Å². The van der Waals surface area contributed by atoms with Crippen molar-refractivity contribution < 1.29 is 27.4 Å². The molecular weight excluding hydrogens is 904 g/mol. The molecule has 2 aliphatic heterocycles. The summed E-state index contributed by atoms with van der Waals surface area (Å²) in [5.74, 6) is 0.229. The van der Waals surface area contributed by atoms with Crippen molar-refractivity contribution in [2.45, 2.75) is 38.0 Å². The number of benzene rings is 3. The number of hydrogen-bond donors (Lipinski definition) is 5. The number of allylic oxidation sites excluding steroid dienone is 1. The maximum absolute atomic E-state index is 14.0. The highest BCUT2D eigenvalue weighted by Gasteiger charge is 2.31. The van der Waals surface area contributed by atoms with Crippen LogP contribution in [0.3, 0.4) is 0 Å². The number of pyridine rings is 1. The van der Waals surface area contributed by atoms with Crippen molar-refractivity contribution in [2.75, 3.05) is 80.6 Å². The smallest absolute Gasteiger partial charge is 0.293 e. The first-order valence-electron chi connectivity index (χ1n) is 21.8. The largest absolute Gasteiger partial charge is 0.455 e. The van der Waals surface area contributed by atoms with Crippen molar-refractivity contribution >= 4 is 71.3 Å². The number of fused-ring (bicyclic) bond motifs is 1. The SMILES string of the molecule is CC1(C)CCC(CN2CCN(c3ccc(C(=O)NS(=O)(=O)c4ccc(NCCN5CC[SH](O)(=NC#N)CC5)c([N+](=O)[O-])c4)c(Oc4cnc5[nH]ccc5c4)c3)CC2)=C(c2ccc(Cl)cc2)C1. The molecule has 3 aromatic carbocycles. The summed E-state index contributed by atoms with van der Waals surface area (Å²) in [4.78, 5) is 39.2. The van der Waals surface area contributed by atoms with Gasteiger partial charge in [-0.05, 0) is 84.3 Å². The highest BCUT2D eigenvalue weighted by atomic mass is 35.5. The fourth-order valence-corrected chi connectivity index (χ4v) is 11.7. The van der Waals surface area contributed by atoms with E-state index >= 15 is 0 Å². The summed E-state index contributed by atoms with van der Waals surface area (Å²) < 4.78 is 50.1. The number of carbonyl (C=O) groups is 1. The standard InChI is InChI=1S/C46H53ClN10O7S2/c1-46(2)13-11-34(40(28-46)32-3-5-35(47)6-4-32)30-55-17-19-56(20-18-55)36-7-9-39(43(26-36)64-37-25-33-12-14-50-44(33)51-29-37)45(58)53-66(62,63)38-8-10-41(42(27-38)57(59)60)49-15-16-54-21-23-65(61,24-22-54)52-31-48/h3-10,12,14,25-27,29,49,65H,11,13,15-24,28,30H2,1-2H3,(H,50,51)(H,52,61)(H,53,58). The molecule has 0 atom stereocenters. The summed E-state index contributed by atoms with van der Waals surface area (Å²) in [6.45, 7) is 10.4. The number of nitriles is 1. The van der Waals surface area contributed by atoms with Crippen molar-refractivity contribution in [1.82, 2.24) is 24.5 Å². The summed E-state index contributed by atoms with van der Waals surface area (Å²) in [5, 5.41) is 25.5. The lowest BCUT2D eigenvalue weighted by molar-refractivity contribution is -0.384. The highest BCUT2D eigenvalue weighted by molar-refractivity contribution is 8.00. The van der Waals surface area contributed by atoms with Gasteiger partial charge >= 0.3 is 0 Å². The number of ether oxygens (including phenoxy) is 1. The van der Waals surface area contributed by atoms with Crippen LogP contribution in [-0.4, -0.2) is 114 Å². The fourth-order valence-electron chi connectivity index (χ4n) is 8.78. The zero-order valence-corrected chi connectivity index (χ0v) is 39.2. The first-order chi connectivity index (χ1) is 31.6. The molecule has 0 spiro atoms. The number of piperazine rings is 1. The van der Waals surface area contributed by atoms with E-state index < -0.39 is 41.5 Å². The van der Waals surface area contributed by atoms with Crippen molar-refractivity contribution in [3.63, 3.8) is 0 Å². The molecule has 5 aromatic rings. The molecule has 0 bridgehead atoms. The molecule has 1 amide bonds. The summed E-state index contributed by atoms with van der Waals surface area (Å²) >= 11 is 6.24. The summed E-state index contributed by atoms with van der Waals surface area (Å²) in [6, 6.07) is 20.1. The Hall–Kier alpha value is -5.88. The zero-order valence-electron chi connectivity index (χ0n) is 36.7. The quantitative estimate of drug-likeness (QED) is 0.0314. The van der Waals surface area contributed by atoms with Crippen molar-refractivity contribution in [3.8, 4) is 17.7 Å². The molecule has 0 unspecified atom stereocenters. The van der Waals surface area contributed by atoms with E-state index in [1.165, 1.54) is 41.1 Å². The van der Waals surface area contributed by atoms with Gasteiger partial charge in [-0.3, -0.25) is 24.7 Å². The second-order valence-electron chi connectivity index (χ2n) is 17.7. The molecule has 2 aromatic heterocycles. The number of nitro groups is 1. The van der Waals surface area contributed by atoms with Crippen LogP contribution in [0.2, 0.25) is 5.02 Å². The van der Waals surface area contributed by atoms with Crippen LogP contribution >= 0.6 is 11.6 Å². The Kier molecular flexibility index (Phi) is 13.8. The maximum Gasteiger partial charge on any atom is 0.293 e. The monoisotopic (exact) mass is 956 g/mol. The number of H-pyrrole nitrogens is 1. The van der Waals surface area contributed by atoms with Gasteiger partial charge in [0.2, 0.25) is 6.19 Å². The number of sulfonamides is 1. The number of anilines is 2. The summed E-state index contributed by atoms with van der Waals surface area (Å²) in [5.41, 5.74) is 5.27. The van der Waals surface area contributed by atoms with E-state index in [-0.39, 0.29) is 22.4 Å². The van der Waals surface area contributed by atoms with Crippen molar-refractivity contribution in [1.29, 1.82) is 5.26 Å². The van der Waals surface area contributed by atoms with E-state index in [9.17, 15) is 27.9 Å². The molecular formula is C46H53ClN10O7S2. The van der Waals surface area contributed by atoms with Gasteiger partial charge in [0.15, 0.2) is 0 Å². The number of nitro benzene ring substituents is 1. The molecule has 3 aliphatic rings. The molecule has 17 nitrogen and oxygen atoms in total. The van der Waals surface area contributed by atoms with E-state index in [1.54, 1.807) is 30.6 Å². The van der Waals surface area contributed by atoms with Gasteiger partial charge in [-0.25, -0.2) is 18.1 Å². The lowest BCUT2D eigenvalue weighted by Gasteiger charge is -2.39. The molecule has 0 saturated carbocycles. The van der Waals surface area contributed by atoms with E-state index in [0.717, 1.165) is 61.1 Å². The van der Waals surface area contributed by atoms with Crippen LogP contribution in [0.25, 0.3) is 16.6 Å². The van der Waals surface area contributed by atoms with Gasteiger partial charge in [-0.1, -0.05) is 53.3 Å². The van der Waals surface area contributed by atoms with Crippen LogP contribution in [0.1, 0.15) is 49.0 Å².